The summed E-state index contributed by atoms with van der Waals surface area (Å²) < 4.78 is 0. The molecule has 0 saturated heterocycles. The van der Waals surface area contributed by atoms with Gasteiger partial charge in [0.1, 0.15) is 0 Å². The van der Waals surface area contributed by atoms with Crippen molar-refractivity contribution in [2.45, 2.75) is 13.3 Å². The summed E-state index contributed by atoms with van der Waals surface area (Å²) in [5, 5.41) is 2.66. The molecule has 0 aromatic carbocycles. The monoisotopic (exact) mass is 128 g/mol. The molecule has 0 heterocycles. The molecule has 9 heavy (non-hydrogen) atoms. The second-order valence-electron chi connectivity index (χ2n) is 1.65. The first-order valence-electron chi connectivity index (χ1n) is 3.00. The van der Waals surface area contributed by atoms with E-state index in [2.05, 4.69) is 17.0 Å². The Bertz CT molecular complexity index is 101. The van der Waals surface area contributed by atoms with E-state index in [9.17, 15) is 4.79 Å². The van der Waals surface area contributed by atoms with Crippen LogP contribution >= 0.6 is 0 Å². The fourth-order valence-electron chi connectivity index (χ4n) is 0.399. The van der Waals surface area contributed by atoms with Gasteiger partial charge in [-0.05, 0) is 6.72 Å². The van der Waals surface area contributed by atoms with E-state index in [1.165, 1.54) is 0 Å². The minimum atomic E-state index is 0.0682. The molecule has 0 unspecified atom stereocenters. The highest BCUT2D eigenvalue weighted by molar-refractivity contribution is 5.75. The zero-order chi connectivity index (χ0) is 7.11. The van der Waals surface area contributed by atoms with Gasteiger partial charge in [-0.1, -0.05) is 6.92 Å². The van der Waals surface area contributed by atoms with Crippen molar-refractivity contribution in [3.63, 3.8) is 0 Å². The van der Waals surface area contributed by atoms with Crippen LogP contribution in [0.5, 0.6) is 0 Å². The van der Waals surface area contributed by atoms with Crippen molar-refractivity contribution in [1.82, 2.24) is 5.32 Å². The normalized spacial score (nSPS) is 8.56. The summed E-state index contributed by atoms with van der Waals surface area (Å²) in [6.07, 6.45) is 0.539. The van der Waals surface area contributed by atoms with E-state index in [0.29, 0.717) is 19.5 Å². The molecule has 0 rings (SSSR count). The first-order chi connectivity index (χ1) is 4.31. The van der Waals surface area contributed by atoms with Crippen LogP contribution in [0, 0.1) is 0 Å². The Morgan fingerprint density at radius 1 is 1.78 bits per heavy atom. The van der Waals surface area contributed by atoms with Gasteiger partial charge in [0.15, 0.2) is 0 Å². The molecule has 0 aliphatic carbocycles. The Balaban J connectivity index is 3.06. The third-order valence-corrected chi connectivity index (χ3v) is 0.913. The number of carbonyl (C=O) groups is 1. The number of nitrogens with zero attached hydrogens (tertiary/aromatic N) is 1. The fourth-order valence-corrected chi connectivity index (χ4v) is 0.399. The lowest BCUT2D eigenvalue weighted by Crippen LogP contribution is -2.24. The third-order valence-electron chi connectivity index (χ3n) is 0.913. The molecule has 0 atom stereocenters. The lowest BCUT2D eigenvalue weighted by molar-refractivity contribution is -0.120. The first kappa shape index (κ1) is 8.14. The van der Waals surface area contributed by atoms with Gasteiger partial charge in [-0.2, -0.15) is 0 Å². The molecule has 0 radical (unpaired) electrons. The number of rotatable bonds is 4. The first-order valence-corrected chi connectivity index (χ1v) is 3.00. The van der Waals surface area contributed by atoms with Gasteiger partial charge in [0.2, 0.25) is 5.91 Å². The van der Waals surface area contributed by atoms with Gasteiger partial charge in [-0.15, -0.1) is 0 Å². The van der Waals surface area contributed by atoms with Crippen LogP contribution in [0.2, 0.25) is 0 Å². The summed E-state index contributed by atoms with van der Waals surface area (Å²) in [6, 6.07) is 0. The molecule has 52 valence electrons. The van der Waals surface area contributed by atoms with Crippen molar-refractivity contribution < 1.29 is 4.79 Å². The molecule has 0 fully saturated rings. The van der Waals surface area contributed by atoms with Crippen LogP contribution in [0.4, 0.5) is 0 Å². The molecular weight excluding hydrogens is 116 g/mol. The van der Waals surface area contributed by atoms with E-state index in [-0.39, 0.29) is 5.91 Å². The maximum atomic E-state index is 10.5. The molecule has 3 heteroatoms. The SMILES string of the molecule is C=NCCNC(=O)CC. The van der Waals surface area contributed by atoms with Crippen molar-refractivity contribution in [1.29, 1.82) is 0 Å². The minimum absolute atomic E-state index is 0.0682. The molecule has 0 aromatic rings. The summed E-state index contributed by atoms with van der Waals surface area (Å²) >= 11 is 0. The molecule has 3 nitrogen and oxygen atoms in total. The molecule has 0 aliphatic heterocycles. The predicted molar refractivity (Wildman–Crippen MR) is 37.7 cm³/mol. The number of nitrogens with one attached hydrogen (secondary N) is 1. The highest BCUT2D eigenvalue weighted by Gasteiger charge is 1.91. The Morgan fingerprint density at radius 2 is 2.44 bits per heavy atom. The summed E-state index contributed by atoms with van der Waals surface area (Å²) in [5.41, 5.74) is 0. The lowest BCUT2D eigenvalue weighted by atomic mass is 10.4. The largest absolute Gasteiger partial charge is 0.354 e. The van der Waals surface area contributed by atoms with Crippen molar-refractivity contribution in [2.75, 3.05) is 13.1 Å². The Labute approximate surface area is 55.2 Å². The topological polar surface area (TPSA) is 41.5 Å². The fraction of sp³-hybridized carbons (Fsp3) is 0.667. The average molecular weight is 128 g/mol. The Kier molecular flexibility index (Phi) is 4.78. The van der Waals surface area contributed by atoms with Gasteiger partial charge in [0.05, 0.1) is 6.54 Å². The molecule has 0 aliphatic rings. The Morgan fingerprint density at radius 3 is 2.89 bits per heavy atom. The predicted octanol–water partition coefficient (Wildman–Crippen LogP) is 0.213. The second kappa shape index (κ2) is 5.28. The van der Waals surface area contributed by atoms with Crippen molar-refractivity contribution in [3.05, 3.63) is 0 Å². The van der Waals surface area contributed by atoms with Crippen molar-refractivity contribution >= 4 is 12.6 Å². The summed E-state index contributed by atoms with van der Waals surface area (Å²) in [6.45, 7) is 6.31. The van der Waals surface area contributed by atoms with E-state index in [0.717, 1.165) is 0 Å². The van der Waals surface area contributed by atoms with E-state index < -0.39 is 0 Å². The highest BCUT2D eigenvalue weighted by Crippen LogP contribution is 1.73. The van der Waals surface area contributed by atoms with Crippen molar-refractivity contribution in [3.8, 4) is 0 Å². The van der Waals surface area contributed by atoms with Gasteiger partial charge in [-0.3, -0.25) is 9.79 Å². The molecule has 0 bridgehead atoms. The van der Waals surface area contributed by atoms with Gasteiger partial charge in [0, 0.05) is 13.0 Å². The van der Waals surface area contributed by atoms with Crippen LogP contribution in [0.25, 0.3) is 0 Å². The van der Waals surface area contributed by atoms with E-state index in [1.807, 2.05) is 6.92 Å². The lowest BCUT2D eigenvalue weighted by Gasteiger charge is -1.97. The van der Waals surface area contributed by atoms with Crippen LogP contribution in [-0.4, -0.2) is 25.7 Å². The third kappa shape index (κ3) is 5.00. The summed E-state index contributed by atoms with van der Waals surface area (Å²) in [4.78, 5) is 14.1. The van der Waals surface area contributed by atoms with Gasteiger partial charge in [-0.25, -0.2) is 0 Å². The van der Waals surface area contributed by atoms with E-state index >= 15 is 0 Å². The van der Waals surface area contributed by atoms with Crippen LogP contribution in [0.15, 0.2) is 4.99 Å². The molecule has 0 spiro atoms. The van der Waals surface area contributed by atoms with E-state index in [1.54, 1.807) is 0 Å². The zero-order valence-corrected chi connectivity index (χ0v) is 5.68. The second-order valence-corrected chi connectivity index (χ2v) is 1.65. The quantitative estimate of drug-likeness (QED) is 0.427. The van der Waals surface area contributed by atoms with Crippen molar-refractivity contribution in [2.24, 2.45) is 4.99 Å². The summed E-state index contributed by atoms with van der Waals surface area (Å²) in [7, 11) is 0. The summed E-state index contributed by atoms with van der Waals surface area (Å²) in [5.74, 6) is 0.0682. The number of hydrogen-bond donors (Lipinski definition) is 1. The van der Waals surface area contributed by atoms with Gasteiger partial charge in [0.25, 0.3) is 0 Å². The smallest absolute Gasteiger partial charge is 0.219 e. The minimum Gasteiger partial charge on any atom is -0.354 e. The van der Waals surface area contributed by atoms with Crippen LogP contribution in [-0.2, 0) is 4.79 Å². The highest BCUT2D eigenvalue weighted by atomic mass is 16.1. The number of hydrogen-bond acceptors (Lipinski definition) is 2. The molecule has 0 aromatic heterocycles. The molecular formula is C6H12N2O. The van der Waals surface area contributed by atoms with Crippen LogP contribution in [0.1, 0.15) is 13.3 Å². The zero-order valence-electron chi connectivity index (χ0n) is 5.68. The maximum absolute atomic E-state index is 10.5. The van der Waals surface area contributed by atoms with E-state index in [4.69, 9.17) is 0 Å². The Hall–Kier alpha value is -0.860. The standard InChI is InChI=1S/C6H12N2O/c1-3-6(9)8-5-4-7-2/h2-5H2,1H3,(H,8,9). The maximum Gasteiger partial charge on any atom is 0.219 e. The van der Waals surface area contributed by atoms with Crippen LogP contribution in [0.3, 0.4) is 0 Å². The van der Waals surface area contributed by atoms with Gasteiger partial charge < -0.3 is 5.32 Å². The number of amides is 1. The average Bonchev–Trinajstić information content (AvgIpc) is 1.89. The molecule has 1 amide bonds. The number of carbonyl (C=O) groups excluding carboxylic acids is 1. The van der Waals surface area contributed by atoms with Gasteiger partial charge >= 0.3 is 0 Å². The van der Waals surface area contributed by atoms with Crippen LogP contribution < -0.4 is 5.32 Å². The number of aliphatic imine (C=N–C) groups is 1. The molecule has 1 N–H and O–H groups in total. The molecule has 0 saturated carbocycles.